The molecule has 0 spiro atoms. The minimum Gasteiger partial charge on any atom is -0.329 e. The van der Waals surface area contributed by atoms with Crippen LogP contribution in [0.3, 0.4) is 0 Å². The maximum atomic E-state index is 12.8. The predicted octanol–water partition coefficient (Wildman–Crippen LogP) is 2.96. The number of unbranched alkanes of at least 4 members (excludes halogenated alkanes) is 3. The van der Waals surface area contributed by atoms with E-state index in [-0.39, 0.29) is 29.9 Å². The van der Waals surface area contributed by atoms with Crippen LogP contribution in [0, 0.1) is 0 Å². The lowest BCUT2D eigenvalue weighted by Crippen LogP contribution is -2.66. The highest BCUT2D eigenvalue weighted by Crippen LogP contribution is 2.28. The molecule has 120 valence electrons. The van der Waals surface area contributed by atoms with E-state index in [4.69, 9.17) is 0 Å². The summed E-state index contributed by atoms with van der Waals surface area (Å²) in [4.78, 5) is 29.0. The van der Waals surface area contributed by atoms with E-state index in [1.165, 1.54) is 19.3 Å². The molecule has 2 fully saturated rings. The molecule has 3 atom stereocenters. The summed E-state index contributed by atoms with van der Waals surface area (Å²) in [6.45, 7) is 6.97. The third-order valence-electron chi connectivity index (χ3n) is 5.05. The summed E-state index contributed by atoms with van der Waals surface area (Å²) < 4.78 is 0. The summed E-state index contributed by atoms with van der Waals surface area (Å²) in [5.74, 6) is 0.337. The quantitative estimate of drug-likeness (QED) is 0.707. The molecule has 2 aliphatic rings. The molecule has 2 heterocycles. The van der Waals surface area contributed by atoms with Crippen molar-refractivity contribution in [1.82, 2.24) is 9.80 Å². The van der Waals surface area contributed by atoms with E-state index in [1.54, 1.807) is 0 Å². The molecule has 2 saturated heterocycles. The van der Waals surface area contributed by atoms with E-state index in [1.807, 2.05) is 16.7 Å². The van der Waals surface area contributed by atoms with Crippen molar-refractivity contribution in [2.75, 3.05) is 6.54 Å². The average molecular weight is 294 g/mol. The number of carbonyl (C=O) groups excluding carboxylic acids is 2. The molecule has 4 heteroatoms. The molecule has 0 aromatic rings. The largest absolute Gasteiger partial charge is 0.329 e. The topological polar surface area (TPSA) is 40.6 Å². The normalized spacial score (nSPS) is 27.8. The molecule has 0 aromatic heterocycles. The fourth-order valence-electron chi connectivity index (χ4n) is 3.78. The van der Waals surface area contributed by atoms with E-state index in [0.29, 0.717) is 0 Å². The van der Waals surface area contributed by atoms with Crippen LogP contribution in [0.25, 0.3) is 0 Å². The van der Waals surface area contributed by atoms with Crippen LogP contribution < -0.4 is 0 Å². The smallest absolute Gasteiger partial charge is 0.246 e. The Hall–Kier alpha value is -1.06. The first-order valence-corrected chi connectivity index (χ1v) is 8.70. The zero-order chi connectivity index (χ0) is 15.4. The van der Waals surface area contributed by atoms with Gasteiger partial charge in [-0.3, -0.25) is 9.59 Å². The second-order valence-electron chi connectivity index (χ2n) is 6.66. The number of nitrogens with zero attached hydrogens (tertiary/aromatic N) is 2. The van der Waals surface area contributed by atoms with Gasteiger partial charge < -0.3 is 9.80 Å². The molecule has 2 amide bonds. The van der Waals surface area contributed by atoms with Crippen molar-refractivity contribution in [3.8, 4) is 0 Å². The lowest BCUT2D eigenvalue weighted by atomic mass is 9.93. The molecule has 0 N–H and O–H groups in total. The minimum atomic E-state index is -0.284. The lowest BCUT2D eigenvalue weighted by molar-refractivity contribution is -0.165. The van der Waals surface area contributed by atoms with Crippen molar-refractivity contribution >= 4 is 11.8 Å². The van der Waals surface area contributed by atoms with Gasteiger partial charge in [-0.25, -0.2) is 0 Å². The van der Waals surface area contributed by atoms with Crippen molar-refractivity contribution in [2.24, 2.45) is 0 Å². The van der Waals surface area contributed by atoms with Crippen molar-refractivity contribution in [2.45, 2.75) is 90.3 Å². The SMILES string of the molecule is CCCCCCC(C)N1C(=O)C2CCCCN2C(=O)C1C. The number of rotatable bonds is 6. The van der Waals surface area contributed by atoms with Crippen LogP contribution in [0.4, 0.5) is 0 Å². The molecule has 0 radical (unpaired) electrons. The highest BCUT2D eigenvalue weighted by atomic mass is 16.2. The summed E-state index contributed by atoms with van der Waals surface area (Å²) in [5, 5.41) is 0. The summed E-state index contributed by atoms with van der Waals surface area (Å²) in [6, 6.07) is -0.286. The molecule has 0 aromatic carbocycles. The van der Waals surface area contributed by atoms with Crippen molar-refractivity contribution in [3.63, 3.8) is 0 Å². The Kier molecular flexibility index (Phi) is 5.65. The predicted molar refractivity (Wildman–Crippen MR) is 83.9 cm³/mol. The minimum absolute atomic E-state index is 0.153. The molecular formula is C17H30N2O2. The molecule has 4 nitrogen and oxygen atoms in total. The van der Waals surface area contributed by atoms with Crippen molar-refractivity contribution in [1.29, 1.82) is 0 Å². The fourth-order valence-corrected chi connectivity index (χ4v) is 3.78. The Morgan fingerprint density at radius 2 is 1.90 bits per heavy atom. The average Bonchev–Trinajstić information content (AvgIpc) is 2.49. The zero-order valence-electron chi connectivity index (χ0n) is 13.8. The summed E-state index contributed by atoms with van der Waals surface area (Å²) >= 11 is 0. The Bertz CT molecular complexity index is 383. The van der Waals surface area contributed by atoms with E-state index >= 15 is 0 Å². The molecule has 2 aliphatic heterocycles. The highest BCUT2D eigenvalue weighted by Gasteiger charge is 2.45. The molecule has 21 heavy (non-hydrogen) atoms. The Labute approximate surface area is 128 Å². The van der Waals surface area contributed by atoms with Crippen LogP contribution in [0.1, 0.15) is 72.1 Å². The van der Waals surface area contributed by atoms with Crippen LogP contribution in [-0.4, -0.2) is 46.3 Å². The number of amides is 2. The number of hydrogen-bond donors (Lipinski definition) is 0. The standard InChI is InChI=1S/C17H30N2O2/c1-4-5-6-7-10-13(2)19-14(3)16(20)18-12-9-8-11-15(18)17(19)21/h13-15H,4-12H2,1-3H3. The van der Waals surface area contributed by atoms with Gasteiger partial charge >= 0.3 is 0 Å². The maximum Gasteiger partial charge on any atom is 0.246 e. The Morgan fingerprint density at radius 1 is 1.14 bits per heavy atom. The van der Waals surface area contributed by atoms with Crippen molar-refractivity contribution in [3.05, 3.63) is 0 Å². The molecule has 0 bridgehead atoms. The second-order valence-corrected chi connectivity index (χ2v) is 6.66. The third kappa shape index (κ3) is 3.41. The van der Waals surface area contributed by atoms with Gasteiger partial charge in [0.1, 0.15) is 12.1 Å². The summed E-state index contributed by atoms with van der Waals surface area (Å²) in [5.41, 5.74) is 0. The highest BCUT2D eigenvalue weighted by molar-refractivity contribution is 5.97. The van der Waals surface area contributed by atoms with Gasteiger partial charge in [-0.05, 0) is 39.5 Å². The lowest BCUT2D eigenvalue weighted by Gasteiger charge is -2.48. The van der Waals surface area contributed by atoms with Gasteiger partial charge in [0.15, 0.2) is 0 Å². The molecule has 0 saturated carbocycles. The second kappa shape index (κ2) is 7.28. The van der Waals surface area contributed by atoms with E-state index in [2.05, 4.69) is 13.8 Å². The van der Waals surface area contributed by atoms with E-state index in [0.717, 1.165) is 38.6 Å². The van der Waals surface area contributed by atoms with Gasteiger partial charge in [-0.1, -0.05) is 32.6 Å². The molecule has 0 aliphatic carbocycles. The van der Waals surface area contributed by atoms with Crippen molar-refractivity contribution < 1.29 is 9.59 Å². The Morgan fingerprint density at radius 3 is 2.62 bits per heavy atom. The van der Waals surface area contributed by atoms with Gasteiger partial charge in [0.2, 0.25) is 11.8 Å². The molecule has 3 unspecified atom stereocenters. The van der Waals surface area contributed by atoms with Crippen LogP contribution in [-0.2, 0) is 9.59 Å². The monoisotopic (exact) mass is 294 g/mol. The van der Waals surface area contributed by atoms with Crippen LogP contribution in [0.5, 0.6) is 0 Å². The zero-order valence-corrected chi connectivity index (χ0v) is 13.8. The van der Waals surface area contributed by atoms with E-state index < -0.39 is 0 Å². The maximum absolute atomic E-state index is 12.8. The number of piperidine rings is 1. The molecular weight excluding hydrogens is 264 g/mol. The van der Waals surface area contributed by atoms with Crippen LogP contribution in [0.15, 0.2) is 0 Å². The van der Waals surface area contributed by atoms with Gasteiger partial charge in [-0.15, -0.1) is 0 Å². The first kappa shape index (κ1) is 16.3. The third-order valence-corrected chi connectivity index (χ3v) is 5.05. The van der Waals surface area contributed by atoms with Crippen LogP contribution in [0.2, 0.25) is 0 Å². The number of fused-ring (bicyclic) bond motifs is 1. The summed E-state index contributed by atoms with van der Waals surface area (Å²) in [7, 11) is 0. The fraction of sp³-hybridized carbons (Fsp3) is 0.882. The van der Waals surface area contributed by atoms with E-state index in [9.17, 15) is 9.59 Å². The summed E-state index contributed by atoms with van der Waals surface area (Å²) in [6.07, 6.45) is 8.80. The van der Waals surface area contributed by atoms with Crippen LogP contribution >= 0.6 is 0 Å². The first-order valence-electron chi connectivity index (χ1n) is 8.70. The van der Waals surface area contributed by atoms with Gasteiger partial charge in [0.05, 0.1) is 0 Å². The first-order chi connectivity index (χ1) is 10.1. The molecule has 2 rings (SSSR count). The van der Waals surface area contributed by atoms with Gasteiger partial charge in [-0.2, -0.15) is 0 Å². The van der Waals surface area contributed by atoms with Gasteiger partial charge in [0, 0.05) is 12.6 Å². The number of piperazine rings is 1. The number of hydrogen-bond acceptors (Lipinski definition) is 2. The van der Waals surface area contributed by atoms with Gasteiger partial charge in [0.25, 0.3) is 0 Å². The Balaban J connectivity index is 2.00. The number of carbonyl (C=O) groups is 2.